The molecule has 0 aliphatic heterocycles. The molecule has 0 amide bonds. The SMILES string of the molecule is CCC(F)(F)F.CCc1nc2cc(Nc3ccnc(OCC(C)(C)SC)n3)ncc2[nH]1. The maximum Gasteiger partial charge on any atom is 0.388 e. The number of halogens is 3. The van der Waals surface area contributed by atoms with Gasteiger partial charge in [0, 0.05) is 29.9 Å². The Bertz CT molecular complexity index is 977. The van der Waals surface area contributed by atoms with Crippen LogP contribution in [0.1, 0.15) is 39.9 Å². The first-order chi connectivity index (χ1) is 14.5. The fraction of sp³-hybridized carbons (Fsp3) is 0.500. The van der Waals surface area contributed by atoms with Crippen molar-refractivity contribution in [1.29, 1.82) is 0 Å². The van der Waals surface area contributed by atoms with E-state index < -0.39 is 12.6 Å². The molecule has 0 fully saturated rings. The third-order valence-corrected chi connectivity index (χ3v) is 5.37. The van der Waals surface area contributed by atoms with Crippen LogP contribution in [-0.4, -0.2) is 48.7 Å². The number of hydrogen-bond donors (Lipinski definition) is 2. The van der Waals surface area contributed by atoms with E-state index in [1.54, 1.807) is 30.2 Å². The van der Waals surface area contributed by atoms with E-state index >= 15 is 0 Å². The number of aromatic nitrogens is 5. The number of nitrogens with one attached hydrogen (secondary N) is 2. The van der Waals surface area contributed by atoms with Crippen LogP contribution in [0.15, 0.2) is 24.5 Å². The number of aryl methyl sites for hydroxylation is 1. The van der Waals surface area contributed by atoms with Gasteiger partial charge in [0.1, 0.15) is 24.1 Å². The molecule has 0 bridgehead atoms. The van der Waals surface area contributed by atoms with Crippen LogP contribution in [0.25, 0.3) is 11.0 Å². The Hall–Kier alpha value is -2.56. The molecule has 0 aliphatic rings. The van der Waals surface area contributed by atoms with Gasteiger partial charge in [0.15, 0.2) is 0 Å². The van der Waals surface area contributed by atoms with E-state index in [0.29, 0.717) is 24.3 Å². The van der Waals surface area contributed by atoms with Crippen molar-refractivity contribution >= 4 is 34.4 Å². The average molecular weight is 457 g/mol. The molecular formula is C20H27F3N6OS. The van der Waals surface area contributed by atoms with Gasteiger partial charge in [-0.2, -0.15) is 29.9 Å². The summed E-state index contributed by atoms with van der Waals surface area (Å²) < 4.78 is 38.1. The van der Waals surface area contributed by atoms with E-state index in [1.165, 1.54) is 0 Å². The summed E-state index contributed by atoms with van der Waals surface area (Å²) >= 11 is 1.74. The monoisotopic (exact) mass is 456 g/mol. The lowest BCUT2D eigenvalue weighted by atomic mass is 10.2. The van der Waals surface area contributed by atoms with Gasteiger partial charge in [-0.15, -0.1) is 0 Å². The quantitative estimate of drug-likeness (QED) is 0.483. The van der Waals surface area contributed by atoms with Gasteiger partial charge in [0.2, 0.25) is 0 Å². The smallest absolute Gasteiger partial charge is 0.388 e. The van der Waals surface area contributed by atoms with E-state index in [-0.39, 0.29) is 4.75 Å². The molecule has 0 atom stereocenters. The first-order valence-electron chi connectivity index (χ1n) is 9.74. The average Bonchev–Trinajstić information content (AvgIpc) is 3.15. The summed E-state index contributed by atoms with van der Waals surface area (Å²) in [4.78, 5) is 20.7. The highest BCUT2D eigenvalue weighted by Crippen LogP contribution is 2.23. The number of anilines is 2. The number of imidazole rings is 1. The molecule has 2 N–H and O–H groups in total. The van der Waals surface area contributed by atoms with Crippen LogP contribution in [0.5, 0.6) is 6.01 Å². The van der Waals surface area contributed by atoms with Gasteiger partial charge in [-0.1, -0.05) is 13.8 Å². The number of alkyl halides is 3. The van der Waals surface area contributed by atoms with Crippen molar-refractivity contribution in [3.05, 3.63) is 30.4 Å². The van der Waals surface area contributed by atoms with Gasteiger partial charge >= 0.3 is 12.2 Å². The number of pyridine rings is 1. The van der Waals surface area contributed by atoms with Crippen molar-refractivity contribution in [3.8, 4) is 6.01 Å². The van der Waals surface area contributed by atoms with E-state index in [2.05, 4.69) is 57.3 Å². The molecule has 0 aromatic carbocycles. The number of ether oxygens (including phenoxy) is 1. The summed E-state index contributed by atoms with van der Waals surface area (Å²) in [6.45, 7) is 7.92. The lowest BCUT2D eigenvalue weighted by molar-refractivity contribution is -0.130. The predicted octanol–water partition coefficient (Wildman–Crippen LogP) is 5.53. The molecule has 3 heterocycles. The summed E-state index contributed by atoms with van der Waals surface area (Å²) in [5, 5.41) is 3.17. The Morgan fingerprint density at radius 1 is 1.13 bits per heavy atom. The summed E-state index contributed by atoms with van der Waals surface area (Å²) in [5.74, 6) is 2.25. The van der Waals surface area contributed by atoms with Crippen LogP contribution in [0.2, 0.25) is 0 Å². The van der Waals surface area contributed by atoms with E-state index in [9.17, 15) is 13.2 Å². The van der Waals surface area contributed by atoms with E-state index in [4.69, 9.17) is 4.74 Å². The van der Waals surface area contributed by atoms with E-state index in [1.807, 2.05) is 6.07 Å². The first kappa shape index (κ1) is 24.7. The molecule has 170 valence electrons. The van der Waals surface area contributed by atoms with Gasteiger partial charge in [0.05, 0.1) is 17.2 Å². The Kier molecular flexibility index (Phi) is 8.49. The first-order valence-corrected chi connectivity index (χ1v) is 11.0. The summed E-state index contributed by atoms with van der Waals surface area (Å²) in [5.41, 5.74) is 1.80. The molecule has 0 saturated heterocycles. The lowest BCUT2D eigenvalue weighted by Crippen LogP contribution is -2.24. The number of nitrogens with zero attached hydrogens (tertiary/aromatic N) is 4. The Balaban J connectivity index is 0.000000501. The minimum absolute atomic E-state index is 0.0102. The fourth-order valence-electron chi connectivity index (χ4n) is 2.11. The van der Waals surface area contributed by atoms with Crippen LogP contribution in [0.3, 0.4) is 0 Å². The zero-order chi connectivity index (χ0) is 23.1. The molecule has 31 heavy (non-hydrogen) atoms. The minimum Gasteiger partial charge on any atom is -0.462 e. The Labute approximate surface area is 183 Å². The van der Waals surface area contributed by atoms with Gasteiger partial charge in [-0.3, -0.25) is 0 Å². The van der Waals surface area contributed by atoms with Crippen LogP contribution in [-0.2, 0) is 6.42 Å². The third kappa shape index (κ3) is 8.23. The highest BCUT2D eigenvalue weighted by Gasteiger charge is 2.22. The number of thioether (sulfide) groups is 1. The number of hydrogen-bond acceptors (Lipinski definition) is 7. The molecule has 7 nitrogen and oxygen atoms in total. The summed E-state index contributed by atoms with van der Waals surface area (Å²) in [6, 6.07) is 4.02. The maximum atomic E-state index is 10.8. The largest absolute Gasteiger partial charge is 0.462 e. The summed E-state index contributed by atoms with van der Waals surface area (Å²) in [6.07, 6.45) is 1.66. The molecule has 0 spiro atoms. The van der Waals surface area contributed by atoms with Crippen molar-refractivity contribution in [2.75, 3.05) is 18.2 Å². The van der Waals surface area contributed by atoms with Gasteiger partial charge in [0.25, 0.3) is 0 Å². The molecule has 0 aliphatic carbocycles. The lowest BCUT2D eigenvalue weighted by Gasteiger charge is -2.21. The second-order valence-electron chi connectivity index (χ2n) is 7.19. The van der Waals surface area contributed by atoms with Crippen LogP contribution >= 0.6 is 11.8 Å². The highest BCUT2D eigenvalue weighted by molar-refractivity contribution is 7.99. The minimum atomic E-state index is -3.96. The molecular weight excluding hydrogens is 429 g/mol. The highest BCUT2D eigenvalue weighted by atomic mass is 32.2. The van der Waals surface area contributed by atoms with Crippen molar-refractivity contribution in [2.45, 2.75) is 51.5 Å². The number of H-pyrrole nitrogens is 1. The van der Waals surface area contributed by atoms with Crippen molar-refractivity contribution in [2.24, 2.45) is 0 Å². The number of rotatable bonds is 7. The van der Waals surface area contributed by atoms with Gasteiger partial charge < -0.3 is 15.0 Å². The zero-order valence-electron chi connectivity index (χ0n) is 18.2. The molecule has 3 rings (SSSR count). The molecule has 11 heteroatoms. The topological polar surface area (TPSA) is 88.6 Å². The third-order valence-electron chi connectivity index (χ3n) is 4.14. The van der Waals surface area contributed by atoms with Crippen molar-refractivity contribution < 1.29 is 17.9 Å². The number of fused-ring (bicyclic) bond motifs is 1. The second kappa shape index (κ2) is 10.7. The molecule has 0 unspecified atom stereocenters. The molecule has 3 aromatic heterocycles. The van der Waals surface area contributed by atoms with Crippen LogP contribution in [0, 0.1) is 0 Å². The van der Waals surface area contributed by atoms with Crippen LogP contribution < -0.4 is 10.1 Å². The zero-order valence-corrected chi connectivity index (χ0v) is 19.0. The van der Waals surface area contributed by atoms with E-state index in [0.717, 1.165) is 30.2 Å². The molecule has 0 radical (unpaired) electrons. The Morgan fingerprint density at radius 3 is 2.45 bits per heavy atom. The van der Waals surface area contributed by atoms with Gasteiger partial charge in [-0.05, 0) is 26.2 Å². The van der Waals surface area contributed by atoms with Crippen LogP contribution in [0.4, 0.5) is 24.8 Å². The standard InChI is InChI=1S/C17H22N6OS.C3H5F3/c1-5-13-20-11-8-15(19-9-12(11)21-13)22-14-6-7-18-16(23-14)24-10-17(2,3)25-4;1-2-3(4,5)6/h6-9H,5,10H2,1-4H3,(H,20,21)(H,18,19,22,23);2H2,1H3. The van der Waals surface area contributed by atoms with Crippen molar-refractivity contribution in [3.63, 3.8) is 0 Å². The summed E-state index contributed by atoms with van der Waals surface area (Å²) in [7, 11) is 0. The predicted molar refractivity (Wildman–Crippen MR) is 118 cm³/mol. The second-order valence-corrected chi connectivity index (χ2v) is 8.71. The number of aromatic amines is 1. The maximum absolute atomic E-state index is 10.8. The molecule has 0 saturated carbocycles. The van der Waals surface area contributed by atoms with Gasteiger partial charge in [-0.25, -0.2) is 15.0 Å². The molecule has 3 aromatic rings. The van der Waals surface area contributed by atoms with Crippen molar-refractivity contribution in [1.82, 2.24) is 24.9 Å². The normalized spacial score (nSPS) is 11.7. The fourth-order valence-corrected chi connectivity index (χ4v) is 2.28. The Morgan fingerprint density at radius 2 is 1.84 bits per heavy atom.